The van der Waals surface area contributed by atoms with Crippen molar-refractivity contribution in [3.8, 4) is 5.75 Å². The highest BCUT2D eigenvalue weighted by Crippen LogP contribution is 2.49. The maximum absolute atomic E-state index is 10.5. The third-order valence-electron chi connectivity index (χ3n) is 5.01. The highest BCUT2D eigenvalue weighted by molar-refractivity contribution is 9.10. The van der Waals surface area contributed by atoms with Gasteiger partial charge in [0.05, 0.1) is 6.10 Å². The SMILES string of the molecule is CC(C)C1CCCC2(C1)C[C@@H](O)c1ccc(Br)cc1O2. The smallest absolute Gasteiger partial charge is 0.127 e. The molecule has 110 valence electrons. The Labute approximate surface area is 129 Å². The van der Waals surface area contributed by atoms with Crippen LogP contribution in [0, 0.1) is 11.8 Å². The zero-order valence-corrected chi connectivity index (χ0v) is 13.8. The Morgan fingerprint density at radius 2 is 2.15 bits per heavy atom. The van der Waals surface area contributed by atoms with Crippen molar-refractivity contribution in [3.05, 3.63) is 28.2 Å². The summed E-state index contributed by atoms with van der Waals surface area (Å²) < 4.78 is 7.41. The molecule has 20 heavy (non-hydrogen) atoms. The molecule has 2 unspecified atom stereocenters. The lowest BCUT2D eigenvalue weighted by molar-refractivity contribution is -0.0573. The fraction of sp³-hybridized carbons (Fsp3) is 0.647. The summed E-state index contributed by atoms with van der Waals surface area (Å²) in [5, 5.41) is 10.5. The van der Waals surface area contributed by atoms with Crippen LogP contribution in [0.1, 0.15) is 57.6 Å². The molecule has 0 saturated heterocycles. The Bertz CT molecular complexity index is 500. The lowest BCUT2D eigenvalue weighted by Crippen LogP contribution is -2.45. The molecule has 2 nitrogen and oxygen atoms in total. The van der Waals surface area contributed by atoms with Crippen LogP contribution in [-0.4, -0.2) is 10.7 Å². The summed E-state index contributed by atoms with van der Waals surface area (Å²) in [6, 6.07) is 5.94. The lowest BCUT2D eigenvalue weighted by atomic mass is 9.70. The van der Waals surface area contributed by atoms with E-state index in [1.807, 2.05) is 18.2 Å². The summed E-state index contributed by atoms with van der Waals surface area (Å²) >= 11 is 3.50. The van der Waals surface area contributed by atoms with E-state index in [1.54, 1.807) is 0 Å². The molecule has 1 aromatic carbocycles. The highest BCUT2D eigenvalue weighted by atomic mass is 79.9. The van der Waals surface area contributed by atoms with E-state index in [4.69, 9.17) is 4.74 Å². The molecule has 1 heterocycles. The first-order chi connectivity index (χ1) is 9.49. The van der Waals surface area contributed by atoms with Crippen molar-refractivity contribution in [3.63, 3.8) is 0 Å². The van der Waals surface area contributed by atoms with Gasteiger partial charge in [0.25, 0.3) is 0 Å². The number of fused-ring (bicyclic) bond motifs is 1. The van der Waals surface area contributed by atoms with Crippen molar-refractivity contribution in [2.24, 2.45) is 11.8 Å². The molecule has 1 saturated carbocycles. The number of aliphatic hydroxyl groups excluding tert-OH is 1. The molecular weight excluding hydrogens is 316 g/mol. The fourth-order valence-corrected chi connectivity index (χ4v) is 4.16. The van der Waals surface area contributed by atoms with Crippen molar-refractivity contribution >= 4 is 15.9 Å². The number of hydrogen-bond acceptors (Lipinski definition) is 2. The van der Waals surface area contributed by atoms with Crippen LogP contribution in [-0.2, 0) is 0 Å². The molecule has 1 spiro atoms. The predicted molar refractivity (Wildman–Crippen MR) is 83.9 cm³/mol. The van der Waals surface area contributed by atoms with Crippen LogP contribution in [0.25, 0.3) is 0 Å². The summed E-state index contributed by atoms with van der Waals surface area (Å²) in [4.78, 5) is 0. The molecule has 3 rings (SSSR count). The van der Waals surface area contributed by atoms with Crippen molar-refractivity contribution in [1.29, 1.82) is 0 Å². The largest absolute Gasteiger partial charge is 0.487 e. The normalized spacial score (nSPS) is 33.0. The van der Waals surface area contributed by atoms with Crippen molar-refractivity contribution in [2.45, 2.75) is 57.7 Å². The monoisotopic (exact) mass is 338 g/mol. The third-order valence-corrected chi connectivity index (χ3v) is 5.50. The minimum atomic E-state index is -0.391. The van der Waals surface area contributed by atoms with Crippen LogP contribution in [0.3, 0.4) is 0 Å². The average Bonchev–Trinajstić information content (AvgIpc) is 2.37. The van der Waals surface area contributed by atoms with Crippen LogP contribution in [0.2, 0.25) is 0 Å². The zero-order valence-electron chi connectivity index (χ0n) is 12.2. The van der Waals surface area contributed by atoms with Gasteiger partial charge in [-0.3, -0.25) is 0 Å². The molecule has 1 N–H and O–H groups in total. The van der Waals surface area contributed by atoms with Gasteiger partial charge in [0.2, 0.25) is 0 Å². The van der Waals surface area contributed by atoms with Crippen LogP contribution >= 0.6 is 15.9 Å². The minimum absolute atomic E-state index is 0.152. The third kappa shape index (κ3) is 2.62. The van der Waals surface area contributed by atoms with Gasteiger partial charge in [-0.05, 0) is 49.7 Å². The van der Waals surface area contributed by atoms with Crippen LogP contribution in [0.5, 0.6) is 5.75 Å². The topological polar surface area (TPSA) is 29.5 Å². The second-order valence-electron chi connectivity index (χ2n) is 6.79. The van der Waals surface area contributed by atoms with Crippen molar-refractivity contribution < 1.29 is 9.84 Å². The van der Waals surface area contributed by atoms with Crippen molar-refractivity contribution in [2.75, 3.05) is 0 Å². The predicted octanol–water partition coefficient (Wildman–Crippen LogP) is 4.85. The Kier molecular flexibility index (Phi) is 3.85. The first-order valence-corrected chi connectivity index (χ1v) is 8.45. The Morgan fingerprint density at radius 3 is 2.90 bits per heavy atom. The van der Waals surface area contributed by atoms with E-state index in [-0.39, 0.29) is 5.60 Å². The molecule has 1 aliphatic heterocycles. The van der Waals surface area contributed by atoms with E-state index in [0.29, 0.717) is 11.8 Å². The van der Waals surface area contributed by atoms with Crippen LogP contribution in [0.15, 0.2) is 22.7 Å². The van der Waals surface area contributed by atoms with Gasteiger partial charge in [-0.15, -0.1) is 0 Å². The van der Waals surface area contributed by atoms with E-state index >= 15 is 0 Å². The van der Waals surface area contributed by atoms with E-state index in [0.717, 1.165) is 35.0 Å². The van der Waals surface area contributed by atoms with E-state index in [9.17, 15) is 5.11 Å². The molecule has 0 amide bonds. The molecule has 1 aromatic rings. The maximum Gasteiger partial charge on any atom is 0.127 e. The quantitative estimate of drug-likeness (QED) is 0.792. The molecular formula is C17H23BrO2. The Morgan fingerprint density at radius 1 is 1.35 bits per heavy atom. The lowest BCUT2D eigenvalue weighted by Gasteiger charge is -2.46. The molecule has 0 bridgehead atoms. The standard InChI is InChI=1S/C17H23BrO2/c1-11(2)12-4-3-7-17(9-12)10-15(19)14-6-5-13(18)8-16(14)20-17/h5-6,8,11-12,15,19H,3-4,7,9-10H2,1-2H3/t12?,15-,17?/m1/s1. The van der Waals surface area contributed by atoms with Crippen LogP contribution < -0.4 is 4.74 Å². The highest BCUT2D eigenvalue weighted by Gasteiger charge is 2.44. The van der Waals surface area contributed by atoms with E-state index < -0.39 is 6.10 Å². The van der Waals surface area contributed by atoms with E-state index in [1.165, 1.54) is 12.8 Å². The molecule has 3 atom stereocenters. The van der Waals surface area contributed by atoms with Crippen molar-refractivity contribution in [1.82, 2.24) is 0 Å². The van der Waals surface area contributed by atoms with Gasteiger partial charge in [0.15, 0.2) is 0 Å². The van der Waals surface area contributed by atoms with Gasteiger partial charge in [-0.1, -0.05) is 35.8 Å². The Balaban J connectivity index is 1.89. The maximum atomic E-state index is 10.5. The summed E-state index contributed by atoms with van der Waals surface area (Å²) in [5.41, 5.74) is 0.783. The first kappa shape index (κ1) is 14.4. The average molecular weight is 339 g/mol. The van der Waals surface area contributed by atoms with Gasteiger partial charge < -0.3 is 9.84 Å². The summed E-state index contributed by atoms with van der Waals surface area (Å²) in [6.45, 7) is 4.60. The summed E-state index contributed by atoms with van der Waals surface area (Å²) in [6.07, 6.45) is 5.00. The van der Waals surface area contributed by atoms with Crippen LogP contribution in [0.4, 0.5) is 0 Å². The van der Waals surface area contributed by atoms with Gasteiger partial charge in [0, 0.05) is 16.5 Å². The number of aliphatic hydroxyl groups is 1. The number of ether oxygens (including phenoxy) is 1. The molecule has 0 radical (unpaired) electrons. The number of halogens is 1. The second-order valence-corrected chi connectivity index (χ2v) is 7.70. The van der Waals surface area contributed by atoms with Gasteiger partial charge in [-0.2, -0.15) is 0 Å². The number of hydrogen-bond donors (Lipinski definition) is 1. The summed E-state index contributed by atoms with van der Waals surface area (Å²) in [5.74, 6) is 2.27. The molecule has 3 heteroatoms. The number of rotatable bonds is 1. The minimum Gasteiger partial charge on any atom is -0.487 e. The van der Waals surface area contributed by atoms with E-state index in [2.05, 4.69) is 29.8 Å². The molecule has 2 aliphatic rings. The molecule has 1 aliphatic carbocycles. The zero-order chi connectivity index (χ0) is 14.3. The van der Waals surface area contributed by atoms with Gasteiger partial charge in [0.1, 0.15) is 11.4 Å². The second kappa shape index (κ2) is 5.34. The van der Waals surface area contributed by atoms with Gasteiger partial charge in [-0.25, -0.2) is 0 Å². The molecule has 0 aromatic heterocycles. The molecule has 1 fully saturated rings. The van der Waals surface area contributed by atoms with Gasteiger partial charge >= 0.3 is 0 Å². The Hall–Kier alpha value is -0.540. The number of benzene rings is 1. The first-order valence-electron chi connectivity index (χ1n) is 7.66. The summed E-state index contributed by atoms with van der Waals surface area (Å²) in [7, 11) is 0. The fourth-order valence-electron chi connectivity index (χ4n) is 3.82.